The molecule has 0 aliphatic rings. The Morgan fingerprint density at radius 3 is 2.73 bits per heavy atom. The van der Waals surface area contributed by atoms with Crippen LogP contribution >= 0.6 is 11.3 Å². The highest BCUT2D eigenvalue weighted by molar-refractivity contribution is 7.10. The van der Waals surface area contributed by atoms with Gasteiger partial charge in [0, 0.05) is 4.88 Å². The fourth-order valence-corrected chi connectivity index (χ4v) is 2.37. The Balaban J connectivity index is 2.56. The van der Waals surface area contributed by atoms with Crippen molar-refractivity contribution in [1.82, 2.24) is 0 Å². The van der Waals surface area contributed by atoms with E-state index in [-0.39, 0.29) is 0 Å². The molecule has 62 valence electrons. The largest absolute Gasteiger partial charge is 0.149 e. The van der Waals surface area contributed by atoms with E-state index in [2.05, 4.69) is 31.4 Å². The van der Waals surface area contributed by atoms with Gasteiger partial charge in [-0.15, -0.1) is 11.3 Å². The van der Waals surface area contributed by atoms with Crippen LogP contribution in [0.4, 0.5) is 0 Å². The Morgan fingerprint density at radius 1 is 1.45 bits per heavy atom. The van der Waals surface area contributed by atoms with Crippen LogP contribution in [0.3, 0.4) is 0 Å². The SMILES string of the molecule is CCCC(CC)c1cccs1. The molecule has 1 heteroatoms. The summed E-state index contributed by atoms with van der Waals surface area (Å²) in [6.07, 6.45) is 3.93. The van der Waals surface area contributed by atoms with Crippen molar-refractivity contribution in [2.75, 3.05) is 0 Å². The quantitative estimate of drug-likeness (QED) is 0.636. The van der Waals surface area contributed by atoms with E-state index in [0.717, 1.165) is 5.92 Å². The summed E-state index contributed by atoms with van der Waals surface area (Å²) < 4.78 is 0. The smallest absolute Gasteiger partial charge is 0.00760 e. The second-order valence-electron chi connectivity index (χ2n) is 2.91. The Kier molecular flexibility index (Phi) is 3.64. The molecule has 1 aromatic rings. The molecule has 0 radical (unpaired) electrons. The van der Waals surface area contributed by atoms with Gasteiger partial charge >= 0.3 is 0 Å². The predicted molar refractivity (Wildman–Crippen MR) is 52.3 cm³/mol. The average molecular weight is 168 g/mol. The van der Waals surface area contributed by atoms with Crippen molar-refractivity contribution in [1.29, 1.82) is 0 Å². The zero-order valence-electron chi connectivity index (χ0n) is 7.34. The third-order valence-electron chi connectivity index (χ3n) is 2.08. The first-order valence-electron chi connectivity index (χ1n) is 4.41. The first kappa shape index (κ1) is 8.79. The number of thiophene rings is 1. The molecule has 0 nitrogen and oxygen atoms in total. The summed E-state index contributed by atoms with van der Waals surface area (Å²) in [4.78, 5) is 1.56. The zero-order chi connectivity index (χ0) is 8.10. The van der Waals surface area contributed by atoms with Gasteiger partial charge in [-0.1, -0.05) is 26.3 Å². The lowest BCUT2D eigenvalue weighted by atomic mass is 9.99. The summed E-state index contributed by atoms with van der Waals surface area (Å²) in [5.74, 6) is 0.819. The van der Waals surface area contributed by atoms with Gasteiger partial charge < -0.3 is 0 Å². The third-order valence-corrected chi connectivity index (χ3v) is 3.11. The van der Waals surface area contributed by atoms with Crippen LogP contribution in [0.15, 0.2) is 17.5 Å². The highest BCUT2D eigenvalue weighted by Crippen LogP contribution is 2.27. The lowest BCUT2D eigenvalue weighted by Crippen LogP contribution is -1.92. The molecule has 0 spiro atoms. The fourth-order valence-electron chi connectivity index (χ4n) is 1.42. The maximum atomic E-state index is 2.28. The van der Waals surface area contributed by atoms with Crippen LogP contribution in [0.2, 0.25) is 0 Å². The molecular formula is C10H16S. The Labute approximate surface area is 73.3 Å². The molecule has 0 N–H and O–H groups in total. The van der Waals surface area contributed by atoms with Gasteiger partial charge in [-0.3, -0.25) is 0 Å². The first-order valence-corrected chi connectivity index (χ1v) is 5.29. The topological polar surface area (TPSA) is 0 Å². The second-order valence-corrected chi connectivity index (χ2v) is 3.89. The minimum atomic E-state index is 0.819. The lowest BCUT2D eigenvalue weighted by molar-refractivity contribution is 0.605. The van der Waals surface area contributed by atoms with E-state index in [4.69, 9.17) is 0 Å². The summed E-state index contributed by atoms with van der Waals surface area (Å²) in [6.45, 7) is 4.54. The average Bonchev–Trinajstić information content (AvgIpc) is 2.52. The molecule has 0 saturated carbocycles. The normalized spacial score (nSPS) is 13.3. The van der Waals surface area contributed by atoms with Crippen molar-refractivity contribution in [3.63, 3.8) is 0 Å². The standard InChI is InChI=1S/C10H16S/c1-3-6-9(4-2)10-7-5-8-11-10/h5,7-9H,3-4,6H2,1-2H3. The molecule has 0 aliphatic carbocycles. The third kappa shape index (κ3) is 2.33. The van der Waals surface area contributed by atoms with E-state index in [9.17, 15) is 0 Å². The first-order chi connectivity index (χ1) is 5.38. The Hall–Kier alpha value is -0.300. The van der Waals surface area contributed by atoms with E-state index < -0.39 is 0 Å². The molecule has 0 saturated heterocycles. The summed E-state index contributed by atoms with van der Waals surface area (Å²) in [7, 11) is 0. The Bertz CT molecular complexity index is 177. The maximum Gasteiger partial charge on any atom is 0.00760 e. The molecule has 0 fully saturated rings. The molecular weight excluding hydrogens is 152 g/mol. The Morgan fingerprint density at radius 2 is 2.27 bits per heavy atom. The van der Waals surface area contributed by atoms with Crippen molar-refractivity contribution in [2.45, 2.75) is 39.0 Å². The predicted octanol–water partition coefficient (Wildman–Crippen LogP) is 4.04. The molecule has 0 aromatic carbocycles. The second kappa shape index (κ2) is 4.55. The molecule has 0 amide bonds. The number of rotatable bonds is 4. The summed E-state index contributed by atoms with van der Waals surface area (Å²) in [6, 6.07) is 4.41. The molecule has 1 unspecified atom stereocenters. The van der Waals surface area contributed by atoms with E-state index in [1.807, 2.05) is 11.3 Å². The van der Waals surface area contributed by atoms with Crippen LogP contribution in [0, 0.1) is 0 Å². The minimum Gasteiger partial charge on any atom is -0.149 e. The van der Waals surface area contributed by atoms with Crippen molar-refractivity contribution in [3.05, 3.63) is 22.4 Å². The van der Waals surface area contributed by atoms with Crippen LogP contribution < -0.4 is 0 Å². The fraction of sp³-hybridized carbons (Fsp3) is 0.600. The van der Waals surface area contributed by atoms with Gasteiger partial charge in [0.2, 0.25) is 0 Å². The molecule has 1 heterocycles. The van der Waals surface area contributed by atoms with Gasteiger partial charge in [0.25, 0.3) is 0 Å². The molecule has 1 aromatic heterocycles. The van der Waals surface area contributed by atoms with Crippen LogP contribution in [0.25, 0.3) is 0 Å². The van der Waals surface area contributed by atoms with E-state index in [0.29, 0.717) is 0 Å². The number of hydrogen-bond acceptors (Lipinski definition) is 1. The molecule has 1 atom stereocenters. The van der Waals surface area contributed by atoms with Crippen LogP contribution in [0.5, 0.6) is 0 Å². The summed E-state index contributed by atoms with van der Waals surface area (Å²) >= 11 is 1.90. The van der Waals surface area contributed by atoms with E-state index in [1.54, 1.807) is 4.88 Å². The van der Waals surface area contributed by atoms with Gasteiger partial charge in [-0.2, -0.15) is 0 Å². The van der Waals surface area contributed by atoms with Gasteiger partial charge in [0.1, 0.15) is 0 Å². The minimum absolute atomic E-state index is 0.819. The molecule has 0 bridgehead atoms. The number of hydrogen-bond donors (Lipinski definition) is 0. The highest BCUT2D eigenvalue weighted by atomic mass is 32.1. The van der Waals surface area contributed by atoms with Crippen LogP contribution in [-0.2, 0) is 0 Å². The molecule has 0 aliphatic heterocycles. The molecule has 11 heavy (non-hydrogen) atoms. The van der Waals surface area contributed by atoms with Gasteiger partial charge in [-0.05, 0) is 30.2 Å². The highest BCUT2D eigenvalue weighted by Gasteiger charge is 2.07. The van der Waals surface area contributed by atoms with Crippen molar-refractivity contribution < 1.29 is 0 Å². The lowest BCUT2D eigenvalue weighted by Gasteiger charge is -2.10. The van der Waals surface area contributed by atoms with Crippen molar-refractivity contribution >= 4 is 11.3 Å². The zero-order valence-corrected chi connectivity index (χ0v) is 8.16. The van der Waals surface area contributed by atoms with Crippen molar-refractivity contribution in [3.8, 4) is 0 Å². The van der Waals surface area contributed by atoms with Gasteiger partial charge in [0.05, 0.1) is 0 Å². The van der Waals surface area contributed by atoms with Crippen LogP contribution in [0.1, 0.15) is 43.9 Å². The van der Waals surface area contributed by atoms with Crippen molar-refractivity contribution in [2.24, 2.45) is 0 Å². The van der Waals surface area contributed by atoms with E-state index >= 15 is 0 Å². The monoisotopic (exact) mass is 168 g/mol. The van der Waals surface area contributed by atoms with Crippen LogP contribution in [-0.4, -0.2) is 0 Å². The molecule has 1 rings (SSSR count). The van der Waals surface area contributed by atoms with Gasteiger partial charge in [0.15, 0.2) is 0 Å². The maximum absolute atomic E-state index is 2.28. The summed E-state index contributed by atoms with van der Waals surface area (Å²) in [5.41, 5.74) is 0. The van der Waals surface area contributed by atoms with E-state index in [1.165, 1.54) is 19.3 Å². The van der Waals surface area contributed by atoms with Gasteiger partial charge in [-0.25, -0.2) is 0 Å². The summed E-state index contributed by atoms with van der Waals surface area (Å²) in [5, 5.41) is 2.17.